The van der Waals surface area contributed by atoms with E-state index in [1.165, 1.54) is 24.3 Å². The van der Waals surface area contributed by atoms with Crippen LogP contribution >= 0.6 is 0 Å². The lowest BCUT2D eigenvalue weighted by Crippen LogP contribution is -2.34. The zero-order chi connectivity index (χ0) is 22.6. The largest absolute Gasteiger partial charge is 0.468 e. The monoisotopic (exact) mass is 445 g/mol. The predicted octanol–water partition coefficient (Wildman–Crippen LogP) is 3.56. The molecule has 1 amide bonds. The Morgan fingerprint density at radius 3 is 2.55 bits per heavy atom. The molecule has 3 rings (SSSR count). The van der Waals surface area contributed by atoms with Crippen molar-refractivity contribution < 1.29 is 22.0 Å². The summed E-state index contributed by atoms with van der Waals surface area (Å²) in [6.45, 7) is 1.85. The molecule has 1 heterocycles. The Labute approximate surface area is 180 Å². The van der Waals surface area contributed by atoms with E-state index in [1.807, 2.05) is 25.1 Å². The van der Waals surface area contributed by atoms with Crippen LogP contribution in [0, 0.1) is 12.7 Å². The standard InChI is InChI=1S/C22H24FN3O4S/c1-15-9-10-18(13-19(15)23)31(28,29)25-17-7-4-6-16(12-17)22(27)24-14-20(26(2)3)21-8-5-11-30-21/h4-13,20,25H,14H2,1-3H3,(H,24,27)/t20-/m0/s1. The summed E-state index contributed by atoms with van der Waals surface area (Å²) in [6.07, 6.45) is 1.57. The Morgan fingerprint density at radius 2 is 1.90 bits per heavy atom. The molecule has 31 heavy (non-hydrogen) atoms. The van der Waals surface area contributed by atoms with Crippen LogP contribution in [0.15, 0.2) is 70.2 Å². The number of amides is 1. The number of carbonyl (C=O) groups excluding carboxylic acids is 1. The summed E-state index contributed by atoms with van der Waals surface area (Å²) >= 11 is 0. The molecule has 1 aromatic heterocycles. The highest BCUT2D eigenvalue weighted by molar-refractivity contribution is 7.92. The first kappa shape index (κ1) is 22.5. The highest BCUT2D eigenvalue weighted by Gasteiger charge is 2.19. The maximum absolute atomic E-state index is 13.8. The van der Waals surface area contributed by atoms with Gasteiger partial charge in [-0.1, -0.05) is 12.1 Å². The van der Waals surface area contributed by atoms with Gasteiger partial charge in [0.25, 0.3) is 15.9 Å². The number of aryl methyl sites for hydroxylation is 1. The van der Waals surface area contributed by atoms with E-state index in [0.717, 1.165) is 11.8 Å². The summed E-state index contributed by atoms with van der Waals surface area (Å²) in [6, 6.07) is 13.2. The fraction of sp³-hybridized carbons (Fsp3) is 0.227. The molecule has 2 aromatic carbocycles. The van der Waals surface area contributed by atoms with Crippen LogP contribution in [0.2, 0.25) is 0 Å². The molecule has 3 aromatic rings. The van der Waals surface area contributed by atoms with Crippen molar-refractivity contribution in [3.05, 3.63) is 83.6 Å². The van der Waals surface area contributed by atoms with Crippen molar-refractivity contribution in [1.82, 2.24) is 10.2 Å². The fourth-order valence-corrected chi connectivity index (χ4v) is 4.05. The molecule has 164 valence electrons. The van der Waals surface area contributed by atoms with Crippen LogP contribution in [0.1, 0.15) is 27.7 Å². The van der Waals surface area contributed by atoms with Crippen LogP contribution in [-0.2, 0) is 10.0 Å². The molecule has 7 nitrogen and oxygen atoms in total. The van der Waals surface area contributed by atoms with Gasteiger partial charge in [0.2, 0.25) is 0 Å². The smallest absolute Gasteiger partial charge is 0.261 e. The van der Waals surface area contributed by atoms with Crippen LogP contribution in [0.5, 0.6) is 0 Å². The van der Waals surface area contributed by atoms with Gasteiger partial charge in [-0.2, -0.15) is 0 Å². The Bertz CT molecular complexity index is 1160. The number of hydrogen-bond acceptors (Lipinski definition) is 5. The minimum Gasteiger partial charge on any atom is -0.468 e. The molecule has 0 unspecified atom stereocenters. The van der Waals surface area contributed by atoms with Crippen molar-refractivity contribution in [2.75, 3.05) is 25.4 Å². The first-order chi connectivity index (χ1) is 14.7. The SMILES string of the molecule is Cc1ccc(S(=O)(=O)Nc2cccc(C(=O)NC[C@@H](c3ccco3)N(C)C)c2)cc1F. The minimum atomic E-state index is -4.00. The molecule has 0 bridgehead atoms. The average Bonchev–Trinajstić information content (AvgIpc) is 3.24. The van der Waals surface area contributed by atoms with E-state index >= 15 is 0 Å². The summed E-state index contributed by atoms with van der Waals surface area (Å²) in [5.41, 5.74) is 0.833. The van der Waals surface area contributed by atoms with Crippen molar-refractivity contribution in [2.45, 2.75) is 17.9 Å². The van der Waals surface area contributed by atoms with Crippen molar-refractivity contribution in [3.8, 4) is 0 Å². The number of likely N-dealkylation sites (N-methyl/N-ethyl adjacent to an activating group) is 1. The van der Waals surface area contributed by atoms with E-state index in [2.05, 4.69) is 10.0 Å². The first-order valence-electron chi connectivity index (χ1n) is 9.54. The van der Waals surface area contributed by atoms with Crippen molar-refractivity contribution in [2.24, 2.45) is 0 Å². The lowest BCUT2D eigenvalue weighted by atomic mass is 10.1. The molecule has 1 atom stereocenters. The third kappa shape index (κ3) is 5.50. The lowest BCUT2D eigenvalue weighted by molar-refractivity contribution is 0.0939. The van der Waals surface area contributed by atoms with Crippen molar-refractivity contribution in [1.29, 1.82) is 0 Å². The van der Waals surface area contributed by atoms with Gasteiger partial charge in [-0.15, -0.1) is 0 Å². The number of hydrogen-bond donors (Lipinski definition) is 2. The number of halogens is 1. The van der Waals surface area contributed by atoms with Crippen LogP contribution in [-0.4, -0.2) is 39.9 Å². The minimum absolute atomic E-state index is 0.155. The molecule has 0 aliphatic carbocycles. The van der Waals surface area contributed by atoms with Crippen molar-refractivity contribution in [3.63, 3.8) is 0 Å². The maximum Gasteiger partial charge on any atom is 0.261 e. The van der Waals surface area contributed by atoms with Crippen LogP contribution in [0.25, 0.3) is 0 Å². The molecular weight excluding hydrogens is 421 g/mol. The highest BCUT2D eigenvalue weighted by atomic mass is 32.2. The van der Waals surface area contributed by atoms with Gasteiger partial charge in [-0.25, -0.2) is 12.8 Å². The second-order valence-electron chi connectivity index (χ2n) is 7.30. The van der Waals surface area contributed by atoms with E-state index in [9.17, 15) is 17.6 Å². The number of anilines is 1. The predicted molar refractivity (Wildman–Crippen MR) is 116 cm³/mol. The number of carbonyl (C=O) groups is 1. The molecule has 0 fully saturated rings. The van der Waals surface area contributed by atoms with Gasteiger partial charge in [0, 0.05) is 17.8 Å². The molecule has 0 saturated carbocycles. The highest BCUT2D eigenvalue weighted by Crippen LogP contribution is 2.20. The third-order valence-corrected chi connectivity index (χ3v) is 6.16. The second-order valence-corrected chi connectivity index (χ2v) is 8.98. The van der Waals surface area contributed by atoms with Gasteiger partial charge in [0.1, 0.15) is 11.6 Å². The summed E-state index contributed by atoms with van der Waals surface area (Å²) in [7, 11) is -0.247. The molecule has 0 spiro atoms. The lowest BCUT2D eigenvalue weighted by Gasteiger charge is -2.22. The Balaban J connectivity index is 1.72. The zero-order valence-electron chi connectivity index (χ0n) is 17.4. The molecule has 0 aliphatic rings. The van der Waals surface area contributed by atoms with E-state index in [0.29, 0.717) is 12.1 Å². The van der Waals surface area contributed by atoms with Gasteiger partial charge in [0.15, 0.2) is 0 Å². The van der Waals surface area contributed by atoms with Gasteiger partial charge in [-0.05, 0) is 69.0 Å². The number of furan rings is 1. The van der Waals surface area contributed by atoms with Crippen molar-refractivity contribution >= 4 is 21.6 Å². The summed E-state index contributed by atoms with van der Waals surface area (Å²) < 4.78 is 46.7. The molecular formula is C22H24FN3O4S. The Morgan fingerprint density at radius 1 is 1.13 bits per heavy atom. The first-order valence-corrected chi connectivity index (χ1v) is 11.0. The number of rotatable bonds is 8. The van der Waals surface area contributed by atoms with E-state index in [-0.39, 0.29) is 28.1 Å². The quantitative estimate of drug-likeness (QED) is 0.553. The normalized spacial score (nSPS) is 12.5. The fourth-order valence-electron chi connectivity index (χ4n) is 2.99. The van der Waals surface area contributed by atoms with Crippen LogP contribution in [0.3, 0.4) is 0 Å². The Kier molecular flexibility index (Phi) is 6.77. The maximum atomic E-state index is 13.8. The molecule has 0 saturated heterocycles. The van der Waals surface area contributed by atoms with E-state index in [1.54, 1.807) is 31.4 Å². The number of nitrogens with zero attached hydrogens (tertiary/aromatic N) is 1. The molecule has 0 radical (unpaired) electrons. The summed E-state index contributed by atoms with van der Waals surface area (Å²) in [5.74, 6) is -0.249. The molecule has 9 heteroatoms. The van der Waals surface area contributed by atoms with Crippen LogP contribution < -0.4 is 10.0 Å². The van der Waals surface area contributed by atoms with Gasteiger partial charge >= 0.3 is 0 Å². The summed E-state index contributed by atoms with van der Waals surface area (Å²) in [4.78, 5) is 14.3. The molecule has 0 aliphatic heterocycles. The van der Waals surface area contributed by atoms with Crippen LogP contribution in [0.4, 0.5) is 10.1 Å². The van der Waals surface area contributed by atoms with Gasteiger partial charge < -0.3 is 9.73 Å². The second kappa shape index (κ2) is 9.32. The van der Waals surface area contributed by atoms with E-state index < -0.39 is 15.8 Å². The molecule has 2 N–H and O–H groups in total. The zero-order valence-corrected chi connectivity index (χ0v) is 18.2. The topological polar surface area (TPSA) is 91.6 Å². The number of sulfonamides is 1. The summed E-state index contributed by atoms with van der Waals surface area (Å²) in [5, 5.41) is 2.84. The Hall–Kier alpha value is -3.17. The average molecular weight is 446 g/mol. The number of benzene rings is 2. The third-order valence-electron chi connectivity index (χ3n) is 4.78. The van der Waals surface area contributed by atoms with E-state index in [4.69, 9.17) is 4.42 Å². The van der Waals surface area contributed by atoms with Gasteiger partial charge in [-0.3, -0.25) is 14.4 Å². The number of nitrogens with one attached hydrogen (secondary N) is 2. The van der Waals surface area contributed by atoms with Gasteiger partial charge in [0.05, 0.1) is 17.2 Å².